The molecular formula is C19H28N4O5. The zero-order valence-corrected chi connectivity index (χ0v) is 16.4. The van der Waals surface area contributed by atoms with Crippen LogP contribution in [0.4, 0.5) is 11.4 Å². The van der Waals surface area contributed by atoms with Crippen LogP contribution in [0.25, 0.3) is 0 Å². The van der Waals surface area contributed by atoms with Gasteiger partial charge in [-0.2, -0.15) is 0 Å². The number of nitro benzene ring substituents is 1. The van der Waals surface area contributed by atoms with E-state index in [1.807, 2.05) is 11.8 Å². The van der Waals surface area contributed by atoms with Gasteiger partial charge >= 0.3 is 5.97 Å². The third-order valence-corrected chi connectivity index (χ3v) is 5.17. The van der Waals surface area contributed by atoms with Crippen LogP contribution in [-0.4, -0.2) is 70.5 Å². The Morgan fingerprint density at radius 2 is 2.04 bits per heavy atom. The number of hydrogen-bond acceptors (Lipinski definition) is 6. The summed E-state index contributed by atoms with van der Waals surface area (Å²) in [6.45, 7) is 6.79. The van der Waals surface area contributed by atoms with E-state index in [0.717, 1.165) is 25.9 Å². The predicted octanol–water partition coefficient (Wildman–Crippen LogP) is 2.10. The Labute approximate surface area is 164 Å². The fourth-order valence-electron chi connectivity index (χ4n) is 3.55. The molecule has 28 heavy (non-hydrogen) atoms. The number of aryl methyl sites for hydroxylation is 1. The highest BCUT2D eigenvalue weighted by atomic mass is 16.6. The Balaban J connectivity index is 1.77. The first-order valence-electron chi connectivity index (χ1n) is 9.53. The highest BCUT2D eigenvalue weighted by Gasteiger charge is 2.25. The Hall–Kier alpha value is -2.52. The van der Waals surface area contributed by atoms with Gasteiger partial charge in [-0.05, 0) is 51.0 Å². The number of benzene rings is 1. The summed E-state index contributed by atoms with van der Waals surface area (Å²) in [5.74, 6) is -0.928. The first-order chi connectivity index (χ1) is 13.3. The minimum atomic E-state index is -0.803. The number of carbonyl (C=O) groups excluding carboxylic acids is 1. The summed E-state index contributed by atoms with van der Waals surface area (Å²) in [6, 6.07) is 4.65. The molecule has 2 rings (SSSR count). The molecule has 1 amide bonds. The number of carboxylic acid groups (broad SMARTS) is 1. The van der Waals surface area contributed by atoms with E-state index in [0.29, 0.717) is 30.8 Å². The lowest BCUT2D eigenvalue weighted by molar-refractivity contribution is -0.384. The highest BCUT2D eigenvalue weighted by Crippen LogP contribution is 2.21. The number of hydrogen-bond donors (Lipinski definition) is 2. The first kappa shape index (κ1) is 21.8. The number of nitrogens with zero attached hydrogens (tertiary/aromatic N) is 3. The van der Waals surface area contributed by atoms with Crippen molar-refractivity contribution in [3.8, 4) is 0 Å². The third-order valence-electron chi connectivity index (χ3n) is 5.17. The Morgan fingerprint density at radius 3 is 2.57 bits per heavy atom. The number of carbonyl (C=O) groups is 2. The number of amides is 1. The zero-order valence-electron chi connectivity index (χ0n) is 16.4. The van der Waals surface area contributed by atoms with Crippen LogP contribution in [0.3, 0.4) is 0 Å². The monoisotopic (exact) mass is 392 g/mol. The van der Waals surface area contributed by atoms with Crippen molar-refractivity contribution in [3.05, 3.63) is 33.9 Å². The van der Waals surface area contributed by atoms with Crippen LogP contribution in [0.5, 0.6) is 0 Å². The number of non-ortho nitro benzene ring substituents is 1. The molecule has 0 bridgehead atoms. The fraction of sp³-hybridized carbons (Fsp3) is 0.579. The van der Waals surface area contributed by atoms with Gasteiger partial charge in [0.05, 0.1) is 11.5 Å². The van der Waals surface area contributed by atoms with Crippen molar-refractivity contribution in [2.75, 3.05) is 38.0 Å². The van der Waals surface area contributed by atoms with Crippen molar-refractivity contribution < 1.29 is 19.6 Å². The average Bonchev–Trinajstić information content (AvgIpc) is 2.66. The van der Waals surface area contributed by atoms with Gasteiger partial charge < -0.3 is 15.3 Å². The summed E-state index contributed by atoms with van der Waals surface area (Å²) < 4.78 is 0. The standard InChI is InChI=1S/C19H28N4O5/c1-3-22(13-19(25)26)15-6-9-21(10-7-15)11-8-18(24)20-17-5-4-16(23(27)28)12-14(17)2/h4-5,12,15H,3,6-11,13H2,1-2H3,(H,20,24)(H,25,26). The molecule has 0 saturated carbocycles. The largest absolute Gasteiger partial charge is 0.480 e. The van der Waals surface area contributed by atoms with Gasteiger partial charge in [-0.1, -0.05) is 6.92 Å². The molecule has 0 radical (unpaired) electrons. The minimum Gasteiger partial charge on any atom is -0.480 e. The predicted molar refractivity (Wildman–Crippen MR) is 105 cm³/mol. The van der Waals surface area contributed by atoms with Crippen LogP contribution in [0.1, 0.15) is 31.7 Å². The van der Waals surface area contributed by atoms with Gasteiger partial charge in [0.1, 0.15) is 0 Å². The smallest absolute Gasteiger partial charge is 0.317 e. The van der Waals surface area contributed by atoms with Crippen molar-refractivity contribution in [2.45, 2.75) is 39.2 Å². The van der Waals surface area contributed by atoms with Crippen LogP contribution in [0.15, 0.2) is 18.2 Å². The summed E-state index contributed by atoms with van der Waals surface area (Å²) in [6.07, 6.45) is 2.13. The van der Waals surface area contributed by atoms with Crippen molar-refractivity contribution in [1.82, 2.24) is 9.80 Å². The highest BCUT2D eigenvalue weighted by molar-refractivity contribution is 5.91. The van der Waals surface area contributed by atoms with Gasteiger partial charge in [0.25, 0.3) is 5.69 Å². The van der Waals surface area contributed by atoms with E-state index < -0.39 is 10.9 Å². The molecule has 0 unspecified atom stereocenters. The quantitative estimate of drug-likeness (QED) is 0.488. The number of carboxylic acids is 1. The molecule has 1 aromatic rings. The van der Waals surface area contributed by atoms with E-state index >= 15 is 0 Å². The second kappa shape index (κ2) is 10.1. The number of aliphatic carboxylic acids is 1. The Morgan fingerprint density at radius 1 is 1.36 bits per heavy atom. The summed E-state index contributed by atoms with van der Waals surface area (Å²) >= 11 is 0. The Bertz CT molecular complexity index is 716. The van der Waals surface area contributed by atoms with E-state index in [1.165, 1.54) is 12.1 Å². The van der Waals surface area contributed by atoms with Gasteiger partial charge in [0, 0.05) is 36.8 Å². The van der Waals surface area contributed by atoms with Crippen LogP contribution >= 0.6 is 0 Å². The maximum absolute atomic E-state index is 12.2. The number of anilines is 1. The van der Waals surface area contributed by atoms with Crippen LogP contribution in [-0.2, 0) is 9.59 Å². The number of likely N-dealkylation sites (tertiary alicyclic amines) is 1. The number of nitrogens with one attached hydrogen (secondary N) is 1. The van der Waals surface area contributed by atoms with Crippen LogP contribution < -0.4 is 5.32 Å². The van der Waals surface area contributed by atoms with Crippen LogP contribution in [0.2, 0.25) is 0 Å². The molecule has 0 spiro atoms. The molecular weight excluding hydrogens is 364 g/mol. The topological polar surface area (TPSA) is 116 Å². The summed E-state index contributed by atoms with van der Waals surface area (Å²) in [5, 5.41) is 22.6. The summed E-state index contributed by atoms with van der Waals surface area (Å²) in [4.78, 5) is 37.7. The van der Waals surface area contributed by atoms with Crippen molar-refractivity contribution in [3.63, 3.8) is 0 Å². The molecule has 1 aliphatic heterocycles. The van der Waals surface area contributed by atoms with Crippen molar-refractivity contribution >= 4 is 23.3 Å². The lowest BCUT2D eigenvalue weighted by Crippen LogP contribution is -2.47. The normalized spacial score (nSPS) is 15.5. The van der Waals surface area contributed by atoms with Gasteiger partial charge in [0.2, 0.25) is 5.91 Å². The molecule has 9 nitrogen and oxygen atoms in total. The van der Waals surface area contributed by atoms with E-state index in [9.17, 15) is 19.7 Å². The SMILES string of the molecule is CCN(CC(=O)O)C1CCN(CCC(=O)Nc2ccc([N+](=O)[O-])cc2C)CC1. The number of rotatable bonds is 9. The van der Waals surface area contributed by atoms with Gasteiger partial charge in [-0.25, -0.2) is 0 Å². The average molecular weight is 392 g/mol. The molecule has 1 aliphatic rings. The number of piperidine rings is 1. The van der Waals surface area contributed by atoms with Gasteiger partial charge in [-0.3, -0.25) is 24.6 Å². The third kappa shape index (κ3) is 6.28. The van der Waals surface area contributed by atoms with E-state index in [-0.39, 0.29) is 24.2 Å². The molecule has 154 valence electrons. The molecule has 1 aromatic carbocycles. The minimum absolute atomic E-state index is 0.00221. The molecule has 1 saturated heterocycles. The number of nitro groups is 1. The second-order valence-corrected chi connectivity index (χ2v) is 7.08. The fourth-order valence-corrected chi connectivity index (χ4v) is 3.55. The van der Waals surface area contributed by atoms with Crippen LogP contribution in [0, 0.1) is 17.0 Å². The zero-order chi connectivity index (χ0) is 20.7. The maximum Gasteiger partial charge on any atom is 0.317 e. The molecule has 0 aliphatic carbocycles. The van der Waals surface area contributed by atoms with E-state index in [2.05, 4.69) is 10.2 Å². The lowest BCUT2D eigenvalue weighted by Gasteiger charge is -2.37. The molecule has 9 heteroatoms. The summed E-state index contributed by atoms with van der Waals surface area (Å²) in [7, 11) is 0. The molecule has 0 atom stereocenters. The van der Waals surface area contributed by atoms with Gasteiger partial charge in [-0.15, -0.1) is 0 Å². The molecule has 1 fully saturated rings. The Kier molecular flexibility index (Phi) is 7.89. The van der Waals surface area contributed by atoms with Crippen molar-refractivity contribution in [2.24, 2.45) is 0 Å². The molecule has 2 N–H and O–H groups in total. The van der Waals surface area contributed by atoms with Gasteiger partial charge in [0.15, 0.2) is 0 Å². The second-order valence-electron chi connectivity index (χ2n) is 7.08. The lowest BCUT2D eigenvalue weighted by atomic mass is 10.0. The number of likely N-dealkylation sites (N-methyl/N-ethyl adjacent to an activating group) is 1. The molecule has 1 heterocycles. The van der Waals surface area contributed by atoms with Crippen molar-refractivity contribution in [1.29, 1.82) is 0 Å². The summed E-state index contributed by atoms with van der Waals surface area (Å²) in [5.41, 5.74) is 1.24. The first-order valence-corrected chi connectivity index (χ1v) is 9.53. The maximum atomic E-state index is 12.2. The van der Waals surface area contributed by atoms with E-state index in [4.69, 9.17) is 5.11 Å². The van der Waals surface area contributed by atoms with E-state index in [1.54, 1.807) is 13.0 Å². The molecule has 0 aromatic heterocycles.